The van der Waals surface area contributed by atoms with Crippen molar-refractivity contribution in [1.82, 2.24) is 10.3 Å². The quantitative estimate of drug-likeness (QED) is 0.679. The number of amides is 1. The number of thiazole rings is 1. The Morgan fingerprint density at radius 3 is 2.56 bits per heavy atom. The Labute approximate surface area is 162 Å². The number of ether oxygens (including phenoxy) is 1. The van der Waals surface area contributed by atoms with Crippen LogP contribution in [0.15, 0.2) is 54.6 Å². The van der Waals surface area contributed by atoms with Gasteiger partial charge in [0, 0.05) is 18.0 Å². The third-order valence-corrected chi connectivity index (χ3v) is 5.68. The van der Waals surface area contributed by atoms with Crippen LogP contribution in [-0.2, 0) is 6.42 Å². The molecule has 138 valence electrons. The van der Waals surface area contributed by atoms with Crippen molar-refractivity contribution in [2.45, 2.75) is 25.3 Å². The van der Waals surface area contributed by atoms with Crippen LogP contribution in [-0.4, -0.2) is 23.5 Å². The second kappa shape index (κ2) is 7.90. The maximum absolute atomic E-state index is 11.9. The summed E-state index contributed by atoms with van der Waals surface area (Å²) in [7, 11) is 0. The standard InChI is InChI=1S/C21H21N3O2S/c22-21(25)20-19(24-18(27-20)13-15-5-4-12-23-15)14-8-10-17(11-9-14)26-16-6-2-1-3-7-16/h1-3,6-11,15,23H,4-5,12-13H2,(H2,22,25)/t15-/m0/s1. The highest BCUT2D eigenvalue weighted by atomic mass is 32.1. The van der Waals surface area contributed by atoms with Gasteiger partial charge in [-0.3, -0.25) is 4.79 Å². The highest BCUT2D eigenvalue weighted by Crippen LogP contribution is 2.31. The normalized spacial score (nSPS) is 16.4. The van der Waals surface area contributed by atoms with Gasteiger partial charge < -0.3 is 15.8 Å². The summed E-state index contributed by atoms with van der Waals surface area (Å²) in [6.45, 7) is 1.05. The molecule has 1 aliphatic rings. The number of hydrogen-bond donors (Lipinski definition) is 2. The van der Waals surface area contributed by atoms with E-state index < -0.39 is 5.91 Å². The van der Waals surface area contributed by atoms with Crippen LogP contribution in [0.25, 0.3) is 11.3 Å². The fourth-order valence-electron chi connectivity index (χ4n) is 3.26. The first kappa shape index (κ1) is 17.7. The molecule has 1 saturated heterocycles. The minimum absolute atomic E-state index is 0.433. The lowest BCUT2D eigenvalue weighted by Gasteiger charge is -2.07. The smallest absolute Gasteiger partial charge is 0.261 e. The molecule has 3 N–H and O–H groups in total. The predicted octanol–water partition coefficient (Wildman–Crippen LogP) is 4.00. The zero-order valence-corrected chi connectivity index (χ0v) is 15.7. The van der Waals surface area contributed by atoms with Crippen LogP contribution >= 0.6 is 11.3 Å². The number of aromatic nitrogens is 1. The molecule has 1 amide bonds. The summed E-state index contributed by atoms with van der Waals surface area (Å²) in [5.41, 5.74) is 7.12. The van der Waals surface area contributed by atoms with E-state index in [1.807, 2.05) is 54.6 Å². The number of carbonyl (C=O) groups is 1. The van der Waals surface area contributed by atoms with Crippen LogP contribution in [0.2, 0.25) is 0 Å². The van der Waals surface area contributed by atoms with Crippen LogP contribution < -0.4 is 15.8 Å². The molecule has 2 aromatic carbocycles. The maximum atomic E-state index is 11.9. The van der Waals surface area contributed by atoms with E-state index in [0.717, 1.165) is 41.5 Å². The molecule has 6 heteroatoms. The highest BCUT2D eigenvalue weighted by molar-refractivity contribution is 7.14. The SMILES string of the molecule is NC(=O)c1sc(C[C@@H]2CCCN2)nc1-c1ccc(Oc2ccccc2)cc1. The molecule has 1 aliphatic heterocycles. The van der Waals surface area contributed by atoms with E-state index >= 15 is 0 Å². The first-order valence-corrected chi connectivity index (χ1v) is 9.87. The molecule has 3 aromatic rings. The van der Waals surface area contributed by atoms with Crippen molar-refractivity contribution in [3.05, 3.63) is 64.5 Å². The lowest BCUT2D eigenvalue weighted by atomic mass is 10.1. The van der Waals surface area contributed by atoms with E-state index in [-0.39, 0.29) is 0 Å². The fourth-order valence-corrected chi connectivity index (χ4v) is 4.28. The van der Waals surface area contributed by atoms with Crippen LogP contribution in [0, 0.1) is 0 Å². The number of hydrogen-bond acceptors (Lipinski definition) is 5. The van der Waals surface area contributed by atoms with Crippen molar-refractivity contribution in [3.63, 3.8) is 0 Å². The van der Waals surface area contributed by atoms with E-state index in [1.165, 1.54) is 17.8 Å². The van der Waals surface area contributed by atoms with Gasteiger partial charge in [0.15, 0.2) is 0 Å². The average molecular weight is 379 g/mol. The van der Waals surface area contributed by atoms with Crippen molar-refractivity contribution in [1.29, 1.82) is 0 Å². The molecule has 0 unspecified atom stereocenters. The number of primary amides is 1. The number of carbonyl (C=O) groups excluding carboxylic acids is 1. The van der Waals surface area contributed by atoms with Gasteiger partial charge in [-0.05, 0) is 55.8 Å². The van der Waals surface area contributed by atoms with Gasteiger partial charge in [-0.1, -0.05) is 18.2 Å². The number of rotatable bonds is 6. The first-order valence-electron chi connectivity index (χ1n) is 9.05. The average Bonchev–Trinajstić information content (AvgIpc) is 3.34. The van der Waals surface area contributed by atoms with E-state index in [4.69, 9.17) is 15.5 Å². The van der Waals surface area contributed by atoms with Crippen LogP contribution in [0.3, 0.4) is 0 Å². The predicted molar refractivity (Wildman–Crippen MR) is 107 cm³/mol. The summed E-state index contributed by atoms with van der Waals surface area (Å²) < 4.78 is 5.82. The Bertz CT molecular complexity index is 916. The minimum atomic E-state index is -0.433. The molecule has 0 spiro atoms. The van der Waals surface area contributed by atoms with Crippen molar-refractivity contribution in [3.8, 4) is 22.8 Å². The maximum Gasteiger partial charge on any atom is 0.261 e. The Kier molecular flexibility index (Phi) is 5.18. The number of nitrogens with zero attached hydrogens (tertiary/aromatic N) is 1. The zero-order valence-electron chi connectivity index (χ0n) is 14.9. The minimum Gasteiger partial charge on any atom is -0.457 e. The van der Waals surface area contributed by atoms with E-state index in [0.29, 0.717) is 16.6 Å². The summed E-state index contributed by atoms with van der Waals surface area (Å²) in [5.74, 6) is 1.08. The highest BCUT2D eigenvalue weighted by Gasteiger charge is 2.21. The number of nitrogens with one attached hydrogen (secondary N) is 1. The summed E-state index contributed by atoms with van der Waals surface area (Å²) in [5, 5.41) is 4.41. The molecule has 0 aliphatic carbocycles. The lowest BCUT2D eigenvalue weighted by Crippen LogP contribution is -2.23. The Morgan fingerprint density at radius 1 is 1.15 bits per heavy atom. The molecule has 0 bridgehead atoms. The van der Waals surface area contributed by atoms with Gasteiger partial charge in [0.2, 0.25) is 0 Å². The molecule has 1 fully saturated rings. The van der Waals surface area contributed by atoms with E-state index in [2.05, 4.69) is 5.32 Å². The zero-order chi connectivity index (χ0) is 18.6. The van der Waals surface area contributed by atoms with Gasteiger partial charge in [-0.15, -0.1) is 11.3 Å². The van der Waals surface area contributed by atoms with Crippen molar-refractivity contribution in [2.24, 2.45) is 5.73 Å². The first-order chi connectivity index (χ1) is 13.2. The Balaban J connectivity index is 1.56. The monoisotopic (exact) mass is 379 g/mol. The number of para-hydroxylation sites is 1. The van der Waals surface area contributed by atoms with Gasteiger partial charge in [-0.2, -0.15) is 0 Å². The fraction of sp³-hybridized carbons (Fsp3) is 0.238. The van der Waals surface area contributed by atoms with E-state index in [9.17, 15) is 4.79 Å². The summed E-state index contributed by atoms with van der Waals surface area (Å²) >= 11 is 1.40. The molecule has 0 radical (unpaired) electrons. The van der Waals surface area contributed by atoms with Crippen molar-refractivity contribution >= 4 is 17.2 Å². The van der Waals surface area contributed by atoms with Crippen LogP contribution in [0.1, 0.15) is 27.5 Å². The molecule has 0 saturated carbocycles. The molecular formula is C21H21N3O2S. The Hall–Kier alpha value is -2.70. The van der Waals surface area contributed by atoms with Gasteiger partial charge in [-0.25, -0.2) is 4.98 Å². The van der Waals surface area contributed by atoms with Crippen LogP contribution in [0.5, 0.6) is 11.5 Å². The molecule has 2 heterocycles. The second-order valence-corrected chi connectivity index (χ2v) is 7.67. The molecule has 1 atom stereocenters. The Morgan fingerprint density at radius 2 is 1.89 bits per heavy atom. The lowest BCUT2D eigenvalue weighted by molar-refractivity contribution is 0.100. The summed E-state index contributed by atoms with van der Waals surface area (Å²) in [6, 6.07) is 17.6. The molecular weight excluding hydrogens is 358 g/mol. The van der Waals surface area contributed by atoms with Gasteiger partial charge >= 0.3 is 0 Å². The van der Waals surface area contributed by atoms with Crippen molar-refractivity contribution in [2.75, 3.05) is 6.54 Å². The molecule has 5 nitrogen and oxygen atoms in total. The number of nitrogens with two attached hydrogens (primary N) is 1. The van der Waals surface area contributed by atoms with Crippen molar-refractivity contribution < 1.29 is 9.53 Å². The number of benzene rings is 2. The molecule has 4 rings (SSSR count). The largest absolute Gasteiger partial charge is 0.457 e. The third kappa shape index (κ3) is 4.18. The topological polar surface area (TPSA) is 77.2 Å². The van der Waals surface area contributed by atoms with Crippen LogP contribution in [0.4, 0.5) is 0 Å². The molecule has 27 heavy (non-hydrogen) atoms. The summed E-state index contributed by atoms with van der Waals surface area (Å²) in [4.78, 5) is 17.1. The van der Waals surface area contributed by atoms with Gasteiger partial charge in [0.05, 0.1) is 10.7 Å². The van der Waals surface area contributed by atoms with Gasteiger partial charge in [0.1, 0.15) is 16.4 Å². The third-order valence-electron chi connectivity index (χ3n) is 4.59. The van der Waals surface area contributed by atoms with E-state index in [1.54, 1.807) is 0 Å². The summed E-state index contributed by atoms with van der Waals surface area (Å²) in [6.07, 6.45) is 3.17. The van der Waals surface area contributed by atoms with Gasteiger partial charge in [0.25, 0.3) is 5.91 Å². The second-order valence-electron chi connectivity index (χ2n) is 6.59. The molecule has 1 aromatic heterocycles.